The molecule has 160 valence electrons. The van der Waals surface area contributed by atoms with Gasteiger partial charge in [0.05, 0.1) is 18.1 Å². The molecule has 1 saturated heterocycles. The Hall–Kier alpha value is -1.40. The first-order valence-electron chi connectivity index (χ1n) is 11.2. The van der Waals surface area contributed by atoms with Crippen molar-refractivity contribution in [2.75, 3.05) is 25.1 Å². The van der Waals surface area contributed by atoms with Crippen LogP contribution < -0.4 is 0 Å². The van der Waals surface area contributed by atoms with Crippen LogP contribution in [0.1, 0.15) is 68.5 Å². The van der Waals surface area contributed by atoms with Crippen molar-refractivity contribution >= 4 is 15.7 Å². The fraction of sp³-hybridized carbons (Fsp3) is 0.696. The highest BCUT2D eigenvalue weighted by Gasteiger charge is 2.39. The zero-order chi connectivity index (χ0) is 20.4. The van der Waals surface area contributed by atoms with E-state index >= 15 is 0 Å². The van der Waals surface area contributed by atoms with Crippen LogP contribution in [0.15, 0.2) is 24.3 Å². The van der Waals surface area contributed by atoms with Gasteiger partial charge in [0.15, 0.2) is 9.84 Å². The van der Waals surface area contributed by atoms with Crippen molar-refractivity contribution in [3.63, 3.8) is 0 Å². The van der Waals surface area contributed by atoms with Gasteiger partial charge in [0.25, 0.3) is 0 Å². The summed E-state index contributed by atoms with van der Waals surface area (Å²) in [6.07, 6.45) is 9.45. The highest BCUT2D eigenvalue weighted by Crippen LogP contribution is 2.34. The van der Waals surface area contributed by atoms with Crippen molar-refractivity contribution in [2.45, 2.75) is 75.9 Å². The van der Waals surface area contributed by atoms with Crippen LogP contribution in [0, 0.1) is 0 Å². The third-order valence-corrected chi connectivity index (χ3v) is 8.86. The molecule has 0 radical (unpaired) electrons. The summed E-state index contributed by atoms with van der Waals surface area (Å²) in [5, 5.41) is 0. The van der Waals surface area contributed by atoms with Crippen LogP contribution in [0.4, 0.5) is 0 Å². The summed E-state index contributed by atoms with van der Waals surface area (Å²) in [4.78, 5) is 17.7. The van der Waals surface area contributed by atoms with Crippen LogP contribution in [0.3, 0.4) is 0 Å². The molecule has 1 aromatic rings. The lowest BCUT2D eigenvalue weighted by atomic mass is 9.87. The maximum atomic E-state index is 13.5. The topological polar surface area (TPSA) is 57.7 Å². The Balaban J connectivity index is 1.50. The molecule has 29 heavy (non-hydrogen) atoms. The summed E-state index contributed by atoms with van der Waals surface area (Å²) >= 11 is 0. The molecule has 4 rings (SSSR count). The van der Waals surface area contributed by atoms with Gasteiger partial charge < -0.3 is 4.90 Å². The van der Waals surface area contributed by atoms with Crippen LogP contribution in [0.25, 0.3) is 0 Å². The SMILES string of the molecule is CN(CC(=O)N(C1CCCCC1)C1CCS(=O)(=O)C1)C1CCCc2ccccc21. The number of benzene rings is 1. The molecule has 1 heterocycles. The van der Waals surface area contributed by atoms with Crippen LogP contribution in [0.2, 0.25) is 0 Å². The lowest BCUT2D eigenvalue weighted by Gasteiger charge is -2.40. The summed E-state index contributed by atoms with van der Waals surface area (Å²) in [5.41, 5.74) is 2.75. The average Bonchev–Trinajstić information content (AvgIpc) is 3.07. The minimum atomic E-state index is -3.01. The second-order valence-corrected chi connectivity index (χ2v) is 11.4. The number of aryl methyl sites for hydroxylation is 1. The molecule has 1 saturated carbocycles. The molecule has 0 aromatic heterocycles. The van der Waals surface area contributed by atoms with E-state index in [1.54, 1.807) is 0 Å². The molecule has 5 nitrogen and oxygen atoms in total. The van der Waals surface area contributed by atoms with E-state index in [0.29, 0.717) is 13.0 Å². The number of nitrogens with zero attached hydrogens (tertiary/aromatic N) is 2. The van der Waals surface area contributed by atoms with E-state index in [9.17, 15) is 13.2 Å². The van der Waals surface area contributed by atoms with E-state index in [4.69, 9.17) is 0 Å². The Morgan fingerprint density at radius 2 is 1.76 bits per heavy atom. The number of sulfone groups is 1. The monoisotopic (exact) mass is 418 g/mol. The predicted octanol–water partition coefficient (Wildman–Crippen LogP) is 3.34. The number of fused-ring (bicyclic) bond motifs is 1. The van der Waals surface area contributed by atoms with Crippen molar-refractivity contribution in [1.29, 1.82) is 0 Å². The summed E-state index contributed by atoms with van der Waals surface area (Å²) in [6.45, 7) is 0.367. The largest absolute Gasteiger partial charge is 0.335 e. The standard InChI is InChI=1S/C23H34N2O3S/c1-24(22-13-7-9-18-8-5-6-12-21(18)22)16-23(26)25(19-10-3-2-4-11-19)20-14-15-29(27,28)17-20/h5-6,8,12,19-20,22H,2-4,7,9-11,13-17H2,1H3. The Bertz CT molecular complexity index is 832. The van der Waals surface area contributed by atoms with Crippen molar-refractivity contribution in [3.05, 3.63) is 35.4 Å². The molecule has 1 amide bonds. The third kappa shape index (κ3) is 4.69. The molecule has 0 N–H and O–H groups in total. The lowest BCUT2D eigenvalue weighted by molar-refractivity contribution is -0.138. The molecule has 2 aliphatic carbocycles. The first-order valence-corrected chi connectivity index (χ1v) is 13.1. The predicted molar refractivity (Wildman–Crippen MR) is 116 cm³/mol. The van der Waals surface area contributed by atoms with Crippen molar-refractivity contribution in [3.8, 4) is 0 Å². The molecule has 6 heteroatoms. The van der Waals surface area contributed by atoms with E-state index in [1.807, 2.05) is 4.90 Å². The Kier molecular flexibility index (Phi) is 6.30. The summed E-state index contributed by atoms with van der Waals surface area (Å²) in [5.74, 6) is 0.482. The van der Waals surface area contributed by atoms with E-state index in [-0.39, 0.29) is 35.5 Å². The van der Waals surface area contributed by atoms with Gasteiger partial charge in [-0.1, -0.05) is 43.5 Å². The van der Waals surface area contributed by atoms with Crippen LogP contribution >= 0.6 is 0 Å². The van der Waals surface area contributed by atoms with Crippen LogP contribution in [0.5, 0.6) is 0 Å². The minimum absolute atomic E-state index is 0.115. The maximum absolute atomic E-state index is 13.5. The van der Waals surface area contributed by atoms with Gasteiger partial charge in [-0.05, 0) is 56.7 Å². The highest BCUT2D eigenvalue weighted by atomic mass is 32.2. The molecule has 1 aromatic carbocycles. The van der Waals surface area contributed by atoms with Gasteiger partial charge in [-0.15, -0.1) is 0 Å². The molecule has 3 aliphatic rings. The number of hydrogen-bond donors (Lipinski definition) is 0. The van der Waals surface area contributed by atoms with Crippen molar-refractivity contribution in [1.82, 2.24) is 9.80 Å². The van der Waals surface area contributed by atoms with Crippen molar-refractivity contribution < 1.29 is 13.2 Å². The number of amides is 1. The zero-order valence-electron chi connectivity index (χ0n) is 17.6. The third-order valence-electron chi connectivity index (χ3n) is 7.11. The first-order chi connectivity index (χ1) is 13.9. The Morgan fingerprint density at radius 3 is 2.48 bits per heavy atom. The van der Waals surface area contributed by atoms with Gasteiger partial charge in [0, 0.05) is 18.1 Å². The Morgan fingerprint density at radius 1 is 1.00 bits per heavy atom. The first kappa shape index (κ1) is 20.9. The smallest absolute Gasteiger partial charge is 0.237 e. The average molecular weight is 419 g/mol. The van der Waals surface area contributed by atoms with E-state index in [1.165, 1.54) is 17.5 Å². The number of likely N-dealkylation sites (N-methyl/N-ethyl adjacent to an activating group) is 1. The molecule has 2 atom stereocenters. The summed E-state index contributed by atoms with van der Waals surface area (Å²) in [7, 11) is -0.958. The number of hydrogen-bond acceptors (Lipinski definition) is 4. The fourth-order valence-electron chi connectivity index (χ4n) is 5.65. The molecule has 2 fully saturated rings. The maximum Gasteiger partial charge on any atom is 0.237 e. The molecule has 0 spiro atoms. The summed E-state index contributed by atoms with van der Waals surface area (Å²) < 4.78 is 24.2. The van der Waals surface area contributed by atoms with Gasteiger partial charge >= 0.3 is 0 Å². The Labute approximate surface area is 175 Å². The van der Waals surface area contributed by atoms with Gasteiger partial charge in [-0.3, -0.25) is 9.69 Å². The van der Waals surface area contributed by atoms with Crippen LogP contribution in [-0.2, 0) is 21.1 Å². The highest BCUT2D eigenvalue weighted by molar-refractivity contribution is 7.91. The normalized spacial score (nSPS) is 27.0. The molecule has 0 bridgehead atoms. The zero-order valence-corrected chi connectivity index (χ0v) is 18.4. The molecular formula is C23H34N2O3S. The minimum Gasteiger partial charge on any atom is -0.335 e. The van der Waals surface area contributed by atoms with Gasteiger partial charge in [0.1, 0.15) is 0 Å². The van der Waals surface area contributed by atoms with E-state index in [0.717, 1.165) is 44.9 Å². The van der Waals surface area contributed by atoms with Gasteiger partial charge in [-0.2, -0.15) is 0 Å². The number of carbonyl (C=O) groups is 1. The van der Waals surface area contributed by atoms with Crippen molar-refractivity contribution in [2.24, 2.45) is 0 Å². The lowest BCUT2D eigenvalue weighted by Crippen LogP contribution is -2.52. The van der Waals surface area contributed by atoms with E-state index < -0.39 is 9.84 Å². The number of carbonyl (C=O) groups excluding carboxylic acids is 1. The second kappa shape index (κ2) is 8.76. The number of rotatable bonds is 5. The molecule has 2 unspecified atom stereocenters. The van der Waals surface area contributed by atoms with Crippen LogP contribution in [-0.4, -0.2) is 61.3 Å². The summed E-state index contributed by atoms with van der Waals surface area (Å²) in [6, 6.07) is 8.92. The van der Waals surface area contributed by atoms with E-state index in [2.05, 4.69) is 36.2 Å². The molecular weight excluding hydrogens is 384 g/mol. The fourth-order valence-corrected chi connectivity index (χ4v) is 7.36. The quantitative estimate of drug-likeness (QED) is 0.736. The second-order valence-electron chi connectivity index (χ2n) is 9.17. The van der Waals surface area contributed by atoms with Gasteiger partial charge in [-0.25, -0.2) is 8.42 Å². The van der Waals surface area contributed by atoms with Gasteiger partial charge in [0.2, 0.25) is 5.91 Å². The molecule has 1 aliphatic heterocycles.